The number of H-pyrrole nitrogens is 1. The fraction of sp³-hybridized carbons (Fsp3) is 0.211. The second-order valence-electron chi connectivity index (χ2n) is 12.1. The lowest BCUT2D eigenvalue weighted by molar-refractivity contribution is 0.102. The molecule has 4 aromatic carbocycles. The van der Waals surface area contributed by atoms with Crippen molar-refractivity contribution in [1.29, 1.82) is 0 Å². The molecule has 0 saturated carbocycles. The van der Waals surface area contributed by atoms with E-state index in [2.05, 4.69) is 26.7 Å². The highest BCUT2D eigenvalue weighted by Crippen LogP contribution is 2.41. The quantitative estimate of drug-likeness (QED) is 0.144. The molecular weight excluding hydrogens is 629 g/mol. The molecule has 6 aromatic rings. The molecule has 9 heteroatoms. The minimum Gasteiger partial charge on any atom is -0.392 e. The maximum absolute atomic E-state index is 14.5. The summed E-state index contributed by atoms with van der Waals surface area (Å²) in [6, 6.07) is 29.1. The number of aromatic amines is 1. The van der Waals surface area contributed by atoms with Crippen LogP contribution in [-0.4, -0.2) is 43.5 Å². The van der Waals surface area contributed by atoms with Crippen molar-refractivity contribution in [1.82, 2.24) is 19.4 Å². The number of fused-ring (bicyclic) bond motifs is 1. The summed E-state index contributed by atoms with van der Waals surface area (Å²) in [7, 11) is 0. The van der Waals surface area contributed by atoms with Gasteiger partial charge >= 0.3 is 0 Å². The van der Waals surface area contributed by atoms with Crippen LogP contribution in [0, 0.1) is 0 Å². The van der Waals surface area contributed by atoms with Crippen molar-refractivity contribution in [3.05, 3.63) is 130 Å². The first-order valence-corrected chi connectivity index (χ1v) is 16.6. The predicted molar refractivity (Wildman–Crippen MR) is 190 cm³/mol. The lowest BCUT2D eigenvalue weighted by Gasteiger charge is -2.20. The van der Waals surface area contributed by atoms with Gasteiger partial charge in [0.1, 0.15) is 5.69 Å². The lowest BCUT2D eigenvalue weighted by atomic mass is 9.99. The lowest BCUT2D eigenvalue weighted by Crippen LogP contribution is -2.21. The third-order valence-corrected chi connectivity index (χ3v) is 9.52. The number of halogens is 2. The van der Waals surface area contributed by atoms with Crippen molar-refractivity contribution in [2.75, 3.05) is 18.4 Å². The largest absolute Gasteiger partial charge is 0.392 e. The van der Waals surface area contributed by atoms with Crippen LogP contribution in [0.2, 0.25) is 10.0 Å². The Balaban J connectivity index is 1.40. The van der Waals surface area contributed by atoms with Gasteiger partial charge < -0.3 is 20.0 Å². The molecule has 1 aliphatic heterocycles. The van der Waals surface area contributed by atoms with Crippen LogP contribution in [0.5, 0.6) is 0 Å². The number of aromatic nitrogens is 3. The Morgan fingerprint density at radius 2 is 1.70 bits per heavy atom. The summed E-state index contributed by atoms with van der Waals surface area (Å²) in [5.74, 6) is -0.295. The zero-order valence-corrected chi connectivity index (χ0v) is 27.5. The molecule has 238 valence electrons. The summed E-state index contributed by atoms with van der Waals surface area (Å²) in [6.45, 7) is 4.77. The SMILES string of the molecule is CC(c1ccc(Cl)cc1)n1cnc(-c2ccccc2)c1-c1c(C(=O)Nc2cc(CO)ccc2CN2CCCC2)[nH]c2cc(Cl)ccc12. The number of likely N-dealkylation sites (tertiary alicyclic amines) is 1. The monoisotopic (exact) mass is 663 g/mol. The Bertz CT molecular complexity index is 2050. The first-order valence-electron chi connectivity index (χ1n) is 15.9. The second kappa shape index (κ2) is 13.4. The number of hydrogen-bond donors (Lipinski definition) is 3. The van der Waals surface area contributed by atoms with Crippen LogP contribution in [0.1, 0.15) is 53.0 Å². The van der Waals surface area contributed by atoms with Crippen molar-refractivity contribution in [3.8, 4) is 22.5 Å². The summed E-state index contributed by atoms with van der Waals surface area (Å²) < 4.78 is 2.12. The number of carbonyl (C=O) groups is 1. The summed E-state index contributed by atoms with van der Waals surface area (Å²) in [5.41, 5.74) is 7.83. The fourth-order valence-electron chi connectivity index (χ4n) is 6.54. The van der Waals surface area contributed by atoms with Gasteiger partial charge in [-0.1, -0.05) is 83.9 Å². The number of anilines is 1. The van der Waals surface area contributed by atoms with Crippen LogP contribution < -0.4 is 5.32 Å². The summed E-state index contributed by atoms with van der Waals surface area (Å²) in [6.07, 6.45) is 4.18. The summed E-state index contributed by atoms with van der Waals surface area (Å²) in [4.78, 5) is 25.3. The molecule has 2 aromatic heterocycles. The molecule has 0 bridgehead atoms. The van der Waals surface area contributed by atoms with Gasteiger partial charge in [0.2, 0.25) is 0 Å². The van der Waals surface area contributed by atoms with Gasteiger partial charge in [-0.15, -0.1) is 0 Å². The van der Waals surface area contributed by atoms with E-state index < -0.39 is 0 Å². The number of amides is 1. The number of imidazole rings is 1. The molecule has 1 saturated heterocycles. The third kappa shape index (κ3) is 6.32. The Labute approximate surface area is 283 Å². The van der Waals surface area contributed by atoms with Crippen LogP contribution >= 0.6 is 23.2 Å². The van der Waals surface area contributed by atoms with E-state index in [0.717, 1.165) is 69.7 Å². The molecule has 1 aliphatic rings. The molecule has 0 aliphatic carbocycles. The first kappa shape index (κ1) is 31.2. The Kier molecular flexibility index (Phi) is 8.88. The first-order chi connectivity index (χ1) is 22.9. The molecule has 1 fully saturated rings. The van der Waals surface area contributed by atoms with Gasteiger partial charge in [0.25, 0.3) is 5.91 Å². The average Bonchev–Trinajstić information content (AvgIpc) is 3.84. The van der Waals surface area contributed by atoms with Crippen LogP contribution in [0.15, 0.2) is 97.3 Å². The normalized spacial score (nSPS) is 14.1. The van der Waals surface area contributed by atoms with E-state index in [1.165, 1.54) is 12.8 Å². The maximum atomic E-state index is 14.5. The van der Waals surface area contributed by atoms with Crippen molar-refractivity contribution < 1.29 is 9.90 Å². The smallest absolute Gasteiger partial charge is 0.272 e. The van der Waals surface area contributed by atoms with Crippen molar-refractivity contribution >= 4 is 45.7 Å². The number of aliphatic hydroxyl groups excluding tert-OH is 1. The highest BCUT2D eigenvalue weighted by atomic mass is 35.5. The number of carbonyl (C=O) groups excluding carboxylic acids is 1. The van der Waals surface area contributed by atoms with E-state index in [-0.39, 0.29) is 18.6 Å². The second-order valence-corrected chi connectivity index (χ2v) is 13.0. The molecule has 1 atom stereocenters. The fourth-order valence-corrected chi connectivity index (χ4v) is 6.84. The zero-order chi connectivity index (χ0) is 32.5. The number of hydrogen-bond acceptors (Lipinski definition) is 4. The molecule has 1 amide bonds. The van der Waals surface area contributed by atoms with Crippen LogP contribution in [0.25, 0.3) is 33.4 Å². The number of nitrogens with one attached hydrogen (secondary N) is 2. The third-order valence-electron chi connectivity index (χ3n) is 9.03. The summed E-state index contributed by atoms with van der Waals surface area (Å²) >= 11 is 12.7. The number of rotatable bonds is 9. The minimum atomic E-state index is -0.295. The van der Waals surface area contributed by atoms with E-state index in [1.54, 1.807) is 0 Å². The molecule has 3 N–H and O–H groups in total. The van der Waals surface area contributed by atoms with Crippen molar-refractivity contribution in [2.45, 2.75) is 39.0 Å². The van der Waals surface area contributed by atoms with E-state index in [1.807, 2.05) is 97.3 Å². The number of aliphatic hydroxyl groups is 1. The number of benzene rings is 4. The Hall–Kier alpha value is -4.40. The van der Waals surface area contributed by atoms with Gasteiger partial charge in [0.05, 0.1) is 30.4 Å². The molecule has 3 heterocycles. The molecule has 1 unspecified atom stereocenters. The maximum Gasteiger partial charge on any atom is 0.272 e. The molecule has 7 rings (SSSR count). The van der Waals surface area contributed by atoms with Gasteiger partial charge in [0, 0.05) is 44.3 Å². The molecule has 47 heavy (non-hydrogen) atoms. The molecular formula is C38H35Cl2N5O2. The minimum absolute atomic E-state index is 0.120. The number of nitrogens with zero attached hydrogens (tertiary/aromatic N) is 3. The highest BCUT2D eigenvalue weighted by Gasteiger charge is 2.28. The van der Waals surface area contributed by atoms with Gasteiger partial charge in [-0.25, -0.2) is 4.98 Å². The van der Waals surface area contributed by atoms with Crippen LogP contribution in [0.3, 0.4) is 0 Å². The van der Waals surface area contributed by atoms with Gasteiger partial charge in [0.15, 0.2) is 0 Å². The topological polar surface area (TPSA) is 86.2 Å². The van der Waals surface area contributed by atoms with Crippen molar-refractivity contribution in [2.24, 2.45) is 0 Å². The van der Waals surface area contributed by atoms with Gasteiger partial charge in [-0.05, 0) is 79.9 Å². The molecule has 7 nitrogen and oxygen atoms in total. The van der Waals surface area contributed by atoms with Crippen molar-refractivity contribution in [3.63, 3.8) is 0 Å². The van der Waals surface area contributed by atoms with Crippen LogP contribution in [0.4, 0.5) is 5.69 Å². The Morgan fingerprint density at radius 1 is 0.957 bits per heavy atom. The van der Waals surface area contributed by atoms with Gasteiger partial charge in [-0.2, -0.15) is 0 Å². The highest BCUT2D eigenvalue weighted by molar-refractivity contribution is 6.31. The average molecular weight is 665 g/mol. The van der Waals surface area contributed by atoms with E-state index in [9.17, 15) is 9.90 Å². The Morgan fingerprint density at radius 3 is 2.45 bits per heavy atom. The van der Waals surface area contributed by atoms with E-state index >= 15 is 0 Å². The van der Waals surface area contributed by atoms with E-state index in [0.29, 0.717) is 21.4 Å². The zero-order valence-electron chi connectivity index (χ0n) is 26.0. The van der Waals surface area contributed by atoms with Gasteiger partial charge in [-0.3, -0.25) is 9.69 Å². The predicted octanol–water partition coefficient (Wildman–Crippen LogP) is 8.95. The summed E-state index contributed by atoms with van der Waals surface area (Å²) in [5, 5.41) is 15.2. The molecule has 0 radical (unpaired) electrons. The standard InChI is InChI=1S/C38H35Cl2N5O2/c1-24(26-11-13-29(39)14-12-26)45-23-41-35(27-7-3-2-4-8-27)37(45)34-31-16-15-30(40)20-33(31)42-36(34)38(47)43-32-19-25(22-46)9-10-28(32)21-44-17-5-6-18-44/h2-4,7-16,19-20,23-24,42,46H,5-6,17-18,21-22H2,1H3,(H,43,47). The van der Waals surface area contributed by atoms with Crippen LogP contribution in [-0.2, 0) is 13.2 Å². The molecule has 0 spiro atoms. The van der Waals surface area contributed by atoms with E-state index in [4.69, 9.17) is 28.2 Å².